The molecule has 148 valence electrons. The summed E-state index contributed by atoms with van der Waals surface area (Å²) in [6, 6.07) is 16.2. The molecule has 1 heterocycles. The van der Waals surface area contributed by atoms with E-state index in [2.05, 4.69) is 31.3 Å². The van der Waals surface area contributed by atoms with Gasteiger partial charge in [0.25, 0.3) is 0 Å². The molecule has 0 atom stereocenters. The van der Waals surface area contributed by atoms with Crippen LogP contribution < -0.4 is 10.2 Å². The zero-order chi connectivity index (χ0) is 19.9. The first-order valence-electron chi connectivity index (χ1n) is 10.3. The van der Waals surface area contributed by atoms with Crippen LogP contribution in [0.4, 0.5) is 11.4 Å². The van der Waals surface area contributed by atoms with Crippen LogP contribution >= 0.6 is 0 Å². The third-order valence-corrected chi connectivity index (χ3v) is 5.21. The Hall–Kier alpha value is -2.62. The lowest BCUT2D eigenvalue weighted by Crippen LogP contribution is -2.36. The van der Waals surface area contributed by atoms with Gasteiger partial charge < -0.3 is 10.2 Å². The first-order valence-corrected chi connectivity index (χ1v) is 10.3. The summed E-state index contributed by atoms with van der Waals surface area (Å²) < 4.78 is 0. The van der Waals surface area contributed by atoms with Gasteiger partial charge in [-0.15, -0.1) is 0 Å². The number of rotatable bonds is 8. The lowest BCUT2D eigenvalue weighted by molar-refractivity contribution is -0.119. The highest BCUT2D eigenvalue weighted by molar-refractivity contribution is 5.97. The maximum absolute atomic E-state index is 12.3. The van der Waals surface area contributed by atoms with Gasteiger partial charge in [-0.25, -0.2) is 0 Å². The predicted molar refractivity (Wildman–Crippen MR) is 115 cm³/mol. The van der Waals surface area contributed by atoms with Crippen molar-refractivity contribution in [2.24, 2.45) is 5.92 Å². The van der Waals surface area contributed by atoms with E-state index in [1.54, 1.807) is 0 Å². The van der Waals surface area contributed by atoms with Gasteiger partial charge in [0.2, 0.25) is 11.8 Å². The molecular weight excluding hydrogens is 348 g/mol. The number of anilines is 2. The lowest BCUT2D eigenvalue weighted by Gasteiger charge is -2.30. The monoisotopic (exact) mass is 378 g/mol. The smallest absolute Gasteiger partial charge is 0.227 e. The van der Waals surface area contributed by atoms with Crippen molar-refractivity contribution in [3.05, 3.63) is 59.7 Å². The third kappa shape index (κ3) is 5.44. The number of aryl methyl sites for hydroxylation is 2. The van der Waals surface area contributed by atoms with Crippen LogP contribution in [0.1, 0.15) is 50.7 Å². The number of hydrogen-bond acceptors (Lipinski definition) is 2. The van der Waals surface area contributed by atoms with E-state index in [4.69, 9.17) is 0 Å². The van der Waals surface area contributed by atoms with E-state index in [0.29, 0.717) is 18.8 Å². The van der Waals surface area contributed by atoms with Crippen molar-refractivity contribution in [2.45, 2.75) is 52.4 Å². The summed E-state index contributed by atoms with van der Waals surface area (Å²) in [6.07, 6.45) is 4.52. The maximum atomic E-state index is 12.3. The topological polar surface area (TPSA) is 49.4 Å². The van der Waals surface area contributed by atoms with E-state index in [-0.39, 0.29) is 11.8 Å². The van der Waals surface area contributed by atoms with Gasteiger partial charge in [-0.2, -0.15) is 0 Å². The SMILES string of the molecule is CC(C)CCN1C(=O)CCc2cc(NC(=O)CCCc3ccccc3)ccc21. The van der Waals surface area contributed by atoms with Crippen LogP contribution in [-0.2, 0) is 22.4 Å². The number of nitrogens with one attached hydrogen (secondary N) is 1. The van der Waals surface area contributed by atoms with Gasteiger partial charge in [0.05, 0.1) is 0 Å². The average molecular weight is 379 g/mol. The number of amides is 2. The van der Waals surface area contributed by atoms with Gasteiger partial charge in [-0.3, -0.25) is 9.59 Å². The summed E-state index contributed by atoms with van der Waals surface area (Å²) in [5, 5.41) is 3.01. The molecule has 0 radical (unpaired) electrons. The number of benzene rings is 2. The first kappa shape index (κ1) is 20.1. The Morgan fingerprint density at radius 1 is 1.11 bits per heavy atom. The largest absolute Gasteiger partial charge is 0.326 e. The zero-order valence-corrected chi connectivity index (χ0v) is 16.9. The Kier molecular flexibility index (Phi) is 6.85. The van der Waals surface area contributed by atoms with Crippen LogP contribution in [0.25, 0.3) is 0 Å². The van der Waals surface area contributed by atoms with Crippen molar-refractivity contribution in [3.8, 4) is 0 Å². The molecule has 3 rings (SSSR count). The van der Waals surface area contributed by atoms with E-state index in [1.165, 1.54) is 5.56 Å². The minimum absolute atomic E-state index is 0.0411. The van der Waals surface area contributed by atoms with Crippen molar-refractivity contribution in [3.63, 3.8) is 0 Å². The number of hydrogen-bond donors (Lipinski definition) is 1. The molecule has 2 aromatic carbocycles. The second-order valence-electron chi connectivity index (χ2n) is 7.96. The molecule has 1 aliphatic heterocycles. The van der Waals surface area contributed by atoms with Crippen molar-refractivity contribution >= 4 is 23.2 Å². The predicted octanol–water partition coefficient (Wildman–Crippen LogP) is 4.97. The Morgan fingerprint density at radius 3 is 2.64 bits per heavy atom. The van der Waals surface area contributed by atoms with E-state index in [1.807, 2.05) is 41.3 Å². The summed E-state index contributed by atoms with van der Waals surface area (Å²) in [5.41, 5.74) is 4.22. The molecule has 2 amide bonds. The number of fused-ring (bicyclic) bond motifs is 1. The molecule has 4 heteroatoms. The van der Waals surface area contributed by atoms with Crippen molar-refractivity contribution in [1.82, 2.24) is 0 Å². The molecule has 1 aliphatic rings. The Bertz CT molecular complexity index is 815. The minimum atomic E-state index is 0.0411. The molecule has 28 heavy (non-hydrogen) atoms. The van der Waals surface area contributed by atoms with Crippen molar-refractivity contribution in [2.75, 3.05) is 16.8 Å². The molecule has 0 unspecified atom stereocenters. The minimum Gasteiger partial charge on any atom is -0.326 e. The number of nitrogens with zero attached hydrogens (tertiary/aromatic N) is 1. The van der Waals surface area contributed by atoms with Crippen LogP contribution in [-0.4, -0.2) is 18.4 Å². The molecule has 0 saturated heterocycles. The van der Waals surface area contributed by atoms with Crippen LogP contribution in [0, 0.1) is 5.92 Å². The van der Waals surface area contributed by atoms with Gasteiger partial charge in [0.15, 0.2) is 0 Å². The molecule has 2 aromatic rings. The van der Waals surface area contributed by atoms with Gasteiger partial charge in [-0.1, -0.05) is 44.2 Å². The molecule has 0 spiro atoms. The molecule has 1 N–H and O–H groups in total. The zero-order valence-electron chi connectivity index (χ0n) is 16.9. The lowest BCUT2D eigenvalue weighted by atomic mass is 9.99. The Morgan fingerprint density at radius 2 is 1.89 bits per heavy atom. The summed E-state index contributed by atoms with van der Waals surface area (Å²) in [7, 11) is 0. The third-order valence-electron chi connectivity index (χ3n) is 5.21. The van der Waals surface area contributed by atoms with E-state index < -0.39 is 0 Å². The fourth-order valence-electron chi connectivity index (χ4n) is 3.59. The normalized spacial score (nSPS) is 13.5. The molecule has 0 aliphatic carbocycles. The molecule has 0 bridgehead atoms. The van der Waals surface area contributed by atoms with Crippen LogP contribution in [0.2, 0.25) is 0 Å². The van der Waals surface area contributed by atoms with Gasteiger partial charge >= 0.3 is 0 Å². The fourth-order valence-corrected chi connectivity index (χ4v) is 3.59. The first-order chi connectivity index (χ1) is 13.5. The summed E-state index contributed by atoms with van der Waals surface area (Å²) >= 11 is 0. The second-order valence-corrected chi connectivity index (χ2v) is 7.96. The molecule has 4 nitrogen and oxygen atoms in total. The number of carbonyl (C=O) groups excluding carboxylic acids is 2. The average Bonchev–Trinajstić information content (AvgIpc) is 2.68. The van der Waals surface area contributed by atoms with E-state index in [0.717, 1.165) is 49.2 Å². The van der Waals surface area contributed by atoms with Crippen molar-refractivity contribution < 1.29 is 9.59 Å². The fraction of sp³-hybridized carbons (Fsp3) is 0.417. The highest BCUT2D eigenvalue weighted by atomic mass is 16.2. The molecule has 0 saturated carbocycles. The molecular formula is C24H30N2O2. The van der Waals surface area contributed by atoms with E-state index >= 15 is 0 Å². The van der Waals surface area contributed by atoms with Crippen molar-refractivity contribution in [1.29, 1.82) is 0 Å². The molecule has 0 aromatic heterocycles. The van der Waals surface area contributed by atoms with Gasteiger partial charge in [0, 0.05) is 30.8 Å². The van der Waals surface area contributed by atoms with Crippen LogP contribution in [0.15, 0.2) is 48.5 Å². The Balaban J connectivity index is 1.57. The van der Waals surface area contributed by atoms with E-state index in [9.17, 15) is 9.59 Å². The van der Waals surface area contributed by atoms with Gasteiger partial charge in [0.1, 0.15) is 0 Å². The quantitative estimate of drug-likeness (QED) is 0.705. The summed E-state index contributed by atoms with van der Waals surface area (Å²) in [6.45, 7) is 5.10. The maximum Gasteiger partial charge on any atom is 0.227 e. The number of carbonyl (C=O) groups is 2. The second kappa shape index (κ2) is 9.54. The highest BCUT2D eigenvalue weighted by Crippen LogP contribution is 2.31. The highest BCUT2D eigenvalue weighted by Gasteiger charge is 2.24. The van der Waals surface area contributed by atoms with Crippen LogP contribution in [0.5, 0.6) is 0 Å². The van der Waals surface area contributed by atoms with Crippen LogP contribution in [0.3, 0.4) is 0 Å². The summed E-state index contributed by atoms with van der Waals surface area (Å²) in [5.74, 6) is 0.804. The summed E-state index contributed by atoms with van der Waals surface area (Å²) in [4.78, 5) is 26.5. The van der Waals surface area contributed by atoms with Gasteiger partial charge in [-0.05, 0) is 60.9 Å². The molecule has 0 fully saturated rings. The Labute approximate surface area is 167 Å². The standard InChI is InChI=1S/C24H30N2O2/c1-18(2)15-16-26-22-13-12-21(17-20(22)11-14-24(26)28)25-23(27)10-6-9-19-7-4-3-5-8-19/h3-5,7-8,12-13,17-18H,6,9-11,14-16H2,1-2H3,(H,25,27).